The molecule has 0 radical (unpaired) electrons. The van der Waals surface area contributed by atoms with Crippen molar-refractivity contribution in [3.05, 3.63) is 95.8 Å². The van der Waals surface area contributed by atoms with Crippen LogP contribution < -0.4 is 4.31 Å². The van der Waals surface area contributed by atoms with Crippen LogP contribution in [0, 0.1) is 5.82 Å². The number of hydrogen-bond donors (Lipinski definition) is 0. The van der Waals surface area contributed by atoms with E-state index in [1.165, 1.54) is 47.8 Å². The smallest absolute Gasteiger partial charge is 0.264 e. The first-order chi connectivity index (χ1) is 14.9. The molecule has 3 aromatic carbocycles. The first kappa shape index (κ1) is 21.1. The predicted octanol–water partition coefficient (Wildman–Crippen LogP) is 4.46. The van der Waals surface area contributed by atoms with Crippen molar-refractivity contribution in [2.45, 2.75) is 30.3 Å². The second-order valence-corrected chi connectivity index (χ2v) is 9.60. The molecule has 3 aromatic rings. The molecule has 0 atom stereocenters. The van der Waals surface area contributed by atoms with Gasteiger partial charge in [-0.2, -0.15) is 0 Å². The standard InChI is InChI=1S/C24H23FN2O3S/c1-26(21-8-3-2-4-9-21)31(29,30)23-14-10-19(11-15-23)24(28)27(22-12-13-22)17-18-6-5-7-20(25)16-18/h2-11,14-16,22H,12-13,17H2,1H3. The van der Waals surface area contributed by atoms with E-state index in [0.717, 1.165) is 18.4 Å². The van der Waals surface area contributed by atoms with Gasteiger partial charge in [0.25, 0.3) is 15.9 Å². The molecule has 1 amide bonds. The molecule has 0 spiro atoms. The van der Waals surface area contributed by atoms with Crippen LogP contribution in [0.25, 0.3) is 0 Å². The van der Waals surface area contributed by atoms with Gasteiger partial charge in [-0.25, -0.2) is 12.8 Å². The van der Waals surface area contributed by atoms with Crippen molar-refractivity contribution in [3.63, 3.8) is 0 Å². The largest absolute Gasteiger partial charge is 0.331 e. The number of para-hydroxylation sites is 1. The molecule has 1 aliphatic carbocycles. The Balaban J connectivity index is 1.54. The van der Waals surface area contributed by atoms with Gasteiger partial charge < -0.3 is 4.90 Å². The minimum absolute atomic E-state index is 0.110. The molecule has 0 saturated heterocycles. The zero-order valence-corrected chi connectivity index (χ0v) is 17.9. The van der Waals surface area contributed by atoms with Crippen LogP contribution in [0.5, 0.6) is 0 Å². The number of amides is 1. The van der Waals surface area contributed by atoms with Crippen molar-refractivity contribution in [2.75, 3.05) is 11.4 Å². The SMILES string of the molecule is CN(c1ccccc1)S(=O)(=O)c1ccc(C(=O)N(Cc2cccc(F)c2)C2CC2)cc1. The maximum atomic E-state index is 13.5. The second kappa shape index (κ2) is 8.51. The van der Waals surface area contributed by atoms with Gasteiger partial charge in [-0.05, 0) is 66.9 Å². The number of rotatable bonds is 7. The fourth-order valence-electron chi connectivity index (χ4n) is 3.46. The quantitative estimate of drug-likeness (QED) is 0.547. The van der Waals surface area contributed by atoms with Crippen LogP contribution in [0.1, 0.15) is 28.8 Å². The molecule has 5 nitrogen and oxygen atoms in total. The average molecular weight is 439 g/mol. The first-order valence-corrected chi connectivity index (χ1v) is 11.5. The Bertz CT molecular complexity index is 1180. The Morgan fingerprint density at radius 3 is 2.26 bits per heavy atom. The van der Waals surface area contributed by atoms with Crippen molar-refractivity contribution in [1.82, 2.24) is 4.90 Å². The summed E-state index contributed by atoms with van der Waals surface area (Å²) in [6, 6.07) is 21.1. The highest BCUT2D eigenvalue weighted by atomic mass is 32.2. The molecule has 1 fully saturated rings. The summed E-state index contributed by atoms with van der Waals surface area (Å²) >= 11 is 0. The Labute approximate surface area is 181 Å². The number of hydrogen-bond acceptors (Lipinski definition) is 3. The van der Waals surface area contributed by atoms with E-state index in [4.69, 9.17) is 0 Å². The number of anilines is 1. The fraction of sp³-hybridized carbons (Fsp3) is 0.208. The Hall–Kier alpha value is -3.19. The van der Waals surface area contributed by atoms with Crippen molar-refractivity contribution in [1.29, 1.82) is 0 Å². The second-order valence-electron chi connectivity index (χ2n) is 7.63. The van der Waals surface area contributed by atoms with Crippen LogP contribution in [-0.2, 0) is 16.6 Å². The molecular weight excluding hydrogens is 415 g/mol. The normalized spacial score (nSPS) is 13.6. The van der Waals surface area contributed by atoms with Crippen molar-refractivity contribution >= 4 is 21.6 Å². The minimum atomic E-state index is -3.75. The molecule has 7 heteroatoms. The van der Waals surface area contributed by atoms with Crippen LogP contribution in [0.2, 0.25) is 0 Å². The van der Waals surface area contributed by atoms with E-state index < -0.39 is 10.0 Å². The third kappa shape index (κ3) is 4.61. The molecule has 0 bridgehead atoms. The highest BCUT2D eigenvalue weighted by Gasteiger charge is 2.33. The van der Waals surface area contributed by atoms with Gasteiger partial charge in [-0.3, -0.25) is 9.10 Å². The number of halogens is 1. The monoisotopic (exact) mass is 438 g/mol. The molecule has 0 heterocycles. The fourth-order valence-corrected chi connectivity index (χ4v) is 4.65. The molecule has 0 unspecified atom stereocenters. The van der Waals surface area contributed by atoms with Crippen LogP contribution >= 0.6 is 0 Å². The lowest BCUT2D eigenvalue weighted by atomic mass is 10.1. The highest BCUT2D eigenvalue weighted by molar-refractivity contribution is 7.92. The summed E-state index contributed by atoms with van der Waals surface area (Å²) in [5.74, 6) is -0.523. The Kier molecular flexibility index (Phi) is 5.78. The van der Waals surface area contributed by atoms with Crippen molar-refractivity contribution in [2.24, 2.45) is 0 Å². The number of carbonyl (C=O) groups excluding carboxylic acids is 1. The van der Waals surface area contributed by atoms with E-state index in [1.54, 1.807) is 41.3 Å². The molecule has 1 saturated carbocycles. The molecule has 31 heavy (non-hydrogen) atoms. The van der Waals surface area contributed by atoms with Gasteiger partial charge in [0, 0.05) is 25.2 Å². The van der Waals surface area contributed by atoms with Crippen molar-refractivity contribution in [3.8, 4) is 0 Å². The highest BCUT2D eigenvalue weighted by Crippen LogP contribution is 2.30. The molecule has 0 aromatic heterocycles. The minimum Gasteiger partial charge on any atom is -0.331 e. The summed E-state index contributed by atoms with van der Waals surface area (Å²) < 4.78 is 40.6. The van der Waals surface area contributed by atoms with E-state index in [2.05, 4.69) is 0 Å². The summed E-state index contributed by atoms with van der Waals surface area (Å²) in [4.78, 5) is 14.9. The third-order valence-corrected chi connectivity index (χ3v) is 7.17. The molecule has 1 aliphatic rings. The van der Waals surface area contributed by atoms with Crippen LogP contribution in [-0.4, -0.2) is 32.3 Å². The summed E-state index contributed by atoms with van der Waals surface area (Å²) in [6.07, 6.45) is 1.82. The summed E-state index contributed by atoms with van der Waals surface area (Å²) in [5.41, 5.74) is 1.69. The van der Waals surface area contributed by atoms with Gasteiger partial charge in [0.2, 0.25) is 0 Å². The lowest BCUT2D eigenvalue weighted by Gasteiger charge is -2.23. The van der Waals surface area contributed by atoms with E-state index in [1.807, 2.05) is 6.07 Å². The summed E-state index contributed by atoms with van der Waals surface area (Å²) in [5, 5.41) is 0. The first-order valence-electron chi connectivity index (χ1n) is 10.1. The predicted molar refractivity (Wildman–Crippen MR) is 118 cm³/mol. The maximum absolute atomic E-state index is 13.5. The number of carbonyl (C=O) groups is 1. The summed E-state index contributed by atoms with van der Waals surface area (Å²) in [6.45, 7) is 0.318. The van der Waals surface area contributed by atoms with Crippen LogP contribution in [0.15, 0.2) is 83.8 Å². The number of benzene rings is 3. The van der Waals surface area contributed by atoms with Crippen LogP contribution in [0.3, 0.4) is 0 Å². The van der Waals surface area contributed by atoms with E-state index in [9.17, 15) is 17.6 Å². The van der Waals surface area contributed by atoms with E-state index in [-0.39, 0.29) is 22.7 Å². The molecule has 0 aliphatic heterocycles. The van der Waals surface area contributed by atoms with Crippen molar-refractivity contribution < 1.29 is 17.6 Å². The number of sulfonamides is 1. The molecule has 160 valence electrons. The lowest BCUT2D eigenvalue weighted by Crippen LogP contribution is -2.32. The summed E-state index contributed by atoms with van der Waals surface area (Å²) in [7, 11) is -2.25. The molecule has 0 N–H and O–H groups in total. The topological polar surface area (TPSA) is 57.7 Å². The zero-order valence-electron chi connectivity index (χ0n) is 17.1. The average Bonchev–Trinajstić information content (AvgIpc) is 3.62. The van der Waals surface area contributed by atoms with Gasteiger partial charge in [0.05, 0.1) is 10.6 Å². The van der Waals surface area contributed by atoms with Gasteiger partial charge in [-0.1, -0.05) is 30.3 Å². The van der Waals surface area contributed by atoms with Gasteiger partial charge in [-0.15, -0.1) is 0 Å². The number of nitrogens with zero attached hydrogens (tertiary/aromatic N) is 2. The molecule has 4 rings (SSSR count). The third-order valence-electron chi connectivity index (χ3n) is 5.37. The van der Waals surface area contributed by atoms with E-state index >= 15 is 0 Å². The lowest BCUT2D eigenvalue weighted by molar-refractivity contribution is 0.0729. The van der Waals surface area contributed by atoms with Gasteiger partial charge in [0.1, 0.15) is 5.82 Å². The Morgan fingerprint density at radius 1 is 0.968 bits per heavy atom. The Morgan fingerprint density at radius 2 is 1.65 bits per heavy atom. The zero-order chi connectivity index (χ0) is 22.0. The molecular formula is C24H23FN2O3S. The maximum Gasteiger partial charge on any atom is 0.264 e. The van der Waals surface area contributed by atoms with Crippen LogP contribution in [0.4, 0.5) is 10.1 Å². The van der Waals surface area contributed by atoms with E-state index in [0.29, 0.717) is 17.8 Å². The van der Waals surface area contributed by atoms with Gasteiger partial charge in [0.15, 0.2) is 0 Å². The van der Waals surface area contributed by atoms with Gasteiger partial charge >= 0.3 is 0 Å².